The zero-order valence-corrected chi connectivity index (χ0v) is 19.3. The van der Waals surface area contributed by atoms with Crippen molar-refractivity contribution in [2.75, 3.05) is 31.0 Å². The minimum absolute atomic E-state index is 0.0105. The first-order chi connectivity index (χ1) is 14.8. The summed E-state index contributed by atoms with van der Waals surface area (Å²) in [6.07, 6.45) is 2.66. The summed E-state index contributed by atoms with van der Waals surface area (Å²) in [4.78, 5) is 0.0555. The molecule has 1 N–H and O–H groups in total. The van der Waals surface area contributed by atoms with Gasteiger partial charge >= 0.3 is 0 Å². The zero-order valence-electron chi connectivity index (χ0n) is 17.7. The molecule has 1 aliphatic rings. The van der Waals surface area contributed by atoms with Gasteiger partial charge in [0, 0.05) is 19.2 Å². The van der Waals surface area contributed by atoms with E-state index in [1.165, 1.54) is 40.7 Å². The third-order valence-electron chi connectivity index (χ3n) is 4.86. The minimum Gasteiger partial charge on any atom is -0.490 e. The highest BCUT2D eigenvalue weighted by atomic mass is 32.2. The average Bonchev–Trinajstić information content (AvgIpc) is 2.76. The van der Waals surface area contributed by atoms with Crippen LogP contribution in [0.1, 0.15) is 33.1 Å². The van der Waals surface area contributed by atoms with Crippen molar-refractivity contribution < 1.29 is 26.3 Å². The van der Waals surface area contributed by atoms with Gasteiger partial charge in [-0.25, -0.2) is 16.8 Å². The van der Waals surface area contributed by atoms with Gasteiger partial charge in [-0.1, -0.05) is 12.5 Å². The summed E-state index contributed by atoms with van der Waals surface area (Å²) in [5.74, 6) is 0.784. The van der Waals surface area contributed by atoms with E-state index in [2.05, 4.69) is 4.72 Å². The van der Waals surface area contributed by atoms with E-state index in [9.17, 15) is 16.8 Å². The molecule has 170 valence electrons. The van der Waals surface area contributed by atoms with Crippen LogP contribution in [-0.4, -0.2) is 47.4 Å². The highest BCUT2D eigenvalue weighted by molar-refractivity contribution is 7.92. The van der Waals surface area contributed by atoms with Gasteiger partial charge in [0.25, 0.3) is 10.0 Å². The Balaban J connectivity index is 1.87. The van der Waals surface area contributed by atoms with Crippen molar-refractivity contribution in [2.45, 2.75) is 42.9 Å². The van der Waals surface area contributed by atoms with Crippen LogP contribution >= 0.6 is 0 Å². The van der Waals surface area contributed by atoms with Gasteiger partial charge in [-0.15, -0.1) is 0 Å². The molecule has 0 aromatic heterocycles. The molecule has 1 heterocycles. The van der Waals surface area contributed by atoms with Crippen LogP contribution in [0, 0.1) is 0 Å². The maximum absolute atomic E-state index is 12.9. The lowest BCUT2D eigenvalue weighted by atomic mass is 10.2. The molecule has 10 heteroatoms. The Bertz CT molecular complexity index is 1110. The van der Waals surface area contributed by atoms with Crippen molar-refractivity contribution in [3.05, 3.63) is 42.5 Å². The van der Waals surface area contributed by atoms with Gasteiger partial charge in [0.1, 0.15) is 0 Å². The molecule has 1 fully saturated rings. The number of hydrogen-bond acceptors (Lipinski definition) is 6. The van der Waals surface area contributed by atoms with Crippen molar-refractivity contribution in [3.8, 4) is 11.5 Å². The number of ether oxygens (including phenoxy) is 2. The maximum atomic E-state index is 12.9. The fraction of sp³-hybridized carbons (Fsp3) is 0.429. The van der Waals surface area contributed by atoms with Gasteiger partial charge in [0.15, 0.2) is 11.5 Å². The highest BCUT2D eigenvalue weighted by Gasteiger charge is 2.26. The van der Waals surface area contributed by atoms with Gasteiger partial charge in [0.2, 0.25) is 10.0 Å². The monoisotopic (exact) mass is 468 g/mol. The summed E-state index contributed by atoms with van der Waals surface area (Å²) in [5, 5.41) is 0. The predicted molar refractivity (Wildman–Crippen MR) is 119 cm³/mol. The van der Waals surface area contributed by atoms with Crippen molar-refractivity contribution in [2.24, 2.45) is 0 Å². The molecule has 0 amide bonds. The van der Waals surface area contributed by atoms with E-state index >= 15 is 0 Å². The van der Waals surface area contributed by atoms with Gasteiger partial charge in [-0.2, -0.15) is 4.31 Å². The molecule has 0 spiro atoms. The summed E-state index contributed by atoms with van der Waals surface area (Å²) < 4.78 is 66.6. The first-order valence-electron chi connectivity index (χ1n) is 10.3. The smallest absolute Gasteiger partial charge is 0.262 e. The van der Waals surface area contributed by atoms with Crippen LogP contribution in [0.15, 0.2) is 52.3 Å². The standard InChI is InChI=1S/C21H28N2O6S2/c1-3-28-20-12-11-18(16-21(20)29-4-2)30(24,25)22-17-9-8-10-19(15-17)31(26,27)23-13-6-5-7-14-23/h8-12,15-16,22H,3-7,13-14H2,1-2H3. The van der Waals surface area contributed by atoms with Crippen molar-refractivity contribution in [3.63, 3.8) is 0 Å². The average molecular weight is 469 g/mol. The molecule has 1 aliphatic heterocycles. The predicted octanol–water partition coefficient (Wildman–Crippen LogP) is 3.46. The Kier molecular flexibility index (Phi) is 7.45. The molecule has 0 bridgehead atoms. The zero-order chi connectivity index (χ0) is 22.5. The number of anilines is 1. The molecule has 0 saturated carbocycles. The topological polar surface area (TPSA) is 102 Å². The quantitative estimate of drug-likeness (QED) is 0.605. The first-order valence-corrected chi connectivity index (χ1v) is 13.2. The van der Waals surface area contributed by atoms with Crippen LogP contribution in [-0.2, 0) is 20.0 Å². The Morgan fingerprint density at radius 3 is 2.19 bits per heavy atom. The van der Waals surface area contributed by atoms with Crippen LogP contribution in [0.25, 0.3) is 0 Å². The molecule has 0 radical (unpaired) electrons. The van der Waals surface area contributed by atoms with Gasteiger partial charge < -0.3 is 9.47 Å². The second-order valence-electron chi connectivity index (χ2n) is 7.07. The number of nitrogens with one attached hydrogen (secondary N) is 1. The summed E-state index contributed by atoms with van der Waals surface area (Å²) in [6.45, 7) is 5.35. The minimum atomic E-state index is -3.97. The third-order valence-corrected chi connectivity index (χ3v) is 8.14. The lowest BCUT2D eigenvalue weighted by Crippen LogP contribution is -2.35. The Hall–Kier alpha value is -2.30. The second-order valence-corrected chi connectivity index (χ2v) is 10.7. The SMILES string of the molecule is CCOc1ccc(S(=O)(=O)Nc2cccc(S(=O)(=O)N3CCCCC3)c2)cc1OCC. The lowest BCUT2D eigenvalue weighted by Gasteiger charge is -2.26. The van der Waals surface area contributed by atoms with Crippen LogP contribution < -0.4 is 14.2 Å². The summed E-state index contributed by atoms with van der Waals surface area (Å²) in [6, 6.07) is 10.2. The van der Waals surface area contributed by atoms with E-state index in [0.29, 0.717) is 37.8 Å². The van der Waals surface area contributed by atoms with E-state index in [1.807, 2.05) is 6.92 Å². The molecule has 3 rings (SSSR count). The highest BCUT2D eigenvalue weighted by Crippen LogP contribution is 2.31. The number of hydrogen-bond donors (Lipinski definition) is 1. The molecule has 0 atom stereocenters. The van der Waals surface area contributed by atoms with E-state index in [4.69, 9.17) is 9.47 Å². The molecule has 31 heavy (non-hydrogen) atoms. The summed E-state index contributed by atoms with van der Waals surface area (Å²) in [5.41, 5.74) is 0.171. The molecular weight excluding hydrogens is 440 g/mol. The largest absolute Gasteiger partial charge is 0.490 e. The molecular formula is C21H28N2O6S2. The third kappa shape index (κ3) is 5.50. The van der Waals surface area contributed by atoms with E-state index in [1.54, 1.807) is 13.0 Å². The molecule has 2 aromatic rings. The number of sulfonamides is 2. The van der Waals surface area contributed by atoms with Crippen molar-refractivity contribution in [1.82, 2.24) is 4.31 Å². The Labute approximate surface area is 184 Å². The van der Waals surface area contributed by atoms with Crippen LogP contribution in [0.4, 0.5) is 5.69 Å². The summed E-state index contributed by atoms with van der Waals surface area (Å²) >= 11 is 0. The van der Waals surface area contributed by atoms with Crippen molar-refractivity contribution in [1.29, 1.82) is 0 Å². The number of nitrogens with zero attached hydrogens (tertiary/aromatic N) is 1. The normalized spacial score (nSPS) is 15.4. The molecule has 0 unspecified atom stereocenters. The lowest BCUT2D eigenvalue weighted by molar-refractivity contribution is 0.287. The fourth-order valence-corrected chi connectivity index (χ4v) is 6.02. The summed E-state index contributed by atoms with van der Waals surface area (Å²) in [7, 11) is -7.64. The first kappa shape index (κ1) is 23.4. The van der Waals surface area contributed by atoms with E-state index < -0.39 is 20.0 Å². The number of rotatable bonds is 9. The molecule has 0 aliphatic carbocycles. The Morgan fingerprint density at radius 2 is 1.52 bits per heavy atom. The van der Waals surface area contributed by atoms with Gasteiger partial charge in [0.05, 0.1) is 28.7 Å². The van der Waals surface area contributed by atoms with Crippen LogP contribution in [0.2, 0.25) is 0 Å². The Morgan fingerprint density at radius 1 is 0.839 bits per heavy atom. The molecule has 8 nitrogen and oxygen atoms in total. The van der Waals surface area contributed by atoms with E-state index in [-0.39, 0.29) is 15.5 Å². The number of piperidine rings is 1. The maximum Gasteiger partial charge on any atom is 0.262 e. The number of benzene rings is 2. The van der Waals surface area contributed by atoms with E-state index in [0.717, 1.165) is 19.3 Å². The van der Waals surface area contributed by atoms with Crippen molar-refractivity contribution >= 4 is 25.7 Å². The fourth-order valence-electron chi connectivity index (χ4n) is 3.39. The van der Waals surface area contributed by atoms with Crippen LogP contribution in [0.5, 0.6) is 11.5 Å². The van der Waals surface area contributed by atoms with Crippen LogP contribution in [0.3, 0.4) is 0 Å². The molecule has 1 saturated heterocycles. The second kappa shape index (κ2) is 9.88. The van der Waals surface area contributed by atoms with Gasteiger partial charge in [-0.05, 0) is 57.0 Å². The van der Waals surface area contributed by atoms with Gasteiger partial charge in [-0.3, -0.25) is 4.72 Å². The molecule has 2 aromatic carbocycles.